The van der Waals surface area contributed by atoms with Crippen LogP contribution < -0.4 is 5.32 Å². The molecule has 1 N–H and O–H groups in total. The van der Waals surface area contributed by atoms with Crippen LogP contribution in [0.25, 0.3) is 0 Å². The third kappa shape index (κ3) is 2.63. The lowest BCUT2D eigenvalue weighted by molar-refractivity contribution is 1.19. The van der Waals surface area contributed by atoms with Gasteiger partial charge >= 0.3 is 0 Å². The molecule has 0 bridgehead atoms. The van der Waals surface area contributed by atoms with Gasteiger partial charge in [-0.15, -0.1) is 0 Å². The van der Waals surface area contributed by atoms with Crippen molar-refractivity contribution in [2.45, 2.75) is 13.3 Å². The Bertz CT molecular complexity index is 440. The van der Waals surface area contributed by atoms with E-state index in [0.29, 0.717) is 0 Å². The molecule has 0 saturated carbocycles. The summed E-state index contributed by atoms with van der Waals surface area (Å²) in [6.45, 7) is 2.12. The lowest BCUT2D eigenvalue weighted by Gasteiger charge is -2.04. The monoisotopic (exact) mass is 211 g/mol. The minimum absolute atomic E-state index is 1.00. The first-order valence-corrected chi connectivity index (χ1v) is 5.60. The Morgan fingerprint density at radius 3 is 1.81 bits per heavy atom. The van der Waals surface area contributed by atoms with E-state index >= 15 is 0 Å². The van der Waals surface area contributed by atoms with Crippen LogP contribution >= 0.6 is 0 Å². The lowest BCUT2D eigenvalue weighted by atomic mass is 10.0. The Balaban J connectivity index is 2.11. The van der Waals surface area contributed by atoms with Crippen LogP contribution in [0.1, 0.15) is 16.7 Å². The molecular formula is C15H17N. The maximum Gasteiger partial charge on any atom is 0.0337 e. The molecule has 1 heteroatoms. The highest BCUT2D eigenvalue weighted by molar-refractivity contribution is 5.44. The van der Waals surface area contributed by atoms with Crippen LogP contribution in [0, 0.1) is 6.92 Å². The number of benzene rings is 2. The fourth-order valence-corrected chi connectivity index (χ4v) is 1.73. The molecule has 0 heterocycles. The van der Waals surface area contributed by atoms with Crippen LogP contribution in [0.4, 0.5) is 5.69 Å². The fourth-order valence-electron chi connectivity index (χ4n) is 1.73. The van der Waals surface area contributed by atoms with E-state index in [4.69, 9.17) is 0 Å². The van der Waals surface area contributed by atoms with Crippen molar-refractivity contribution in [1.29, 1.82) is 0 Å². The number of anilines is 1. The summed E-state index contributed by atoms with van der Waals surface area (Å²) in [4.78, 5) is 0. The van der Waals surface area contributed by atoms with Gasteiger partial charge in [0.15, 0.2) is 0 Å². The summed E-state index contributed by atoms with van der Waals surface area (Å²) in [5.74, 6) is 0. The molecule has 0 fully saturated rings. The van der Waals surface area contributed by atoms with Gasteiger partial charge in [-0.3, -0.25) is 0 Å². The summed E-state index contributed by atoms with van der Waals surface area (Å²) in [5.41, 5.74) is 5.19. The lowest BCUT2D eigenvalue weighted by Crippen LogP contribution is -1.90. The van der Waals surface area contributed by atoms with E-state index in [0.717, 1.165) is 12.1 Å². The second-order valence-electron chi connectivity index (χ2n) is 4.11. The van der Waals surface area contributed by atoms with E-state index in [-0.39, 0.29) is 0 Å². The Labute approximate surface area is 97.1 Å². The zero-order chi connectivity index (χ0) is 11.4. The third-order valence-corrected chi connectivity index (χ3v) is 2.77. The minimum atomic E-state index is 1.00. The first-order chi connectivity index (χ1) is 7.78. The molecule has 1 nitrogen and oxygen atoms in total. The molecule has 2 aromatic rings. The van der Waals surface area contributed by atoms with Gasteiger partial charge in [-0.05, 0) is 36.6 Å². The molecule has 0 aliphatic rings. The predicted molar refractivity (Wildman–Crippen MR) is 70.0 cm³/mol. The predicted octanol–water partition coefficient (Wildman–Crippen LogP) is 3.63. The summed E-state index contributed by atoms with van der Waals surface area (Å²) in [5, 5.41) is 3.13. The van der Waals surface area contributed by atoms with Gasteiger partial charge in [-0.2, -0.15) is 0 Å². The van der Waals surface area contributed by atoms with Gasteiger partial charge in [-0.25, -0.2) is 0 Å². The largest absolute Gasteiger partial charge is 0.388 e. The first-order valence-electron chi connectivity index (χ1n) is 5.60. The molecule has 0 aliphatic heterocycles. The minimum Gasteiger partial charge on any atom is -0.388 e. The van der Waals surface area contributed by atoms with E-state index in [1.165, 1.54) is 16.7 Å². The zero-order valence-electron chi connectivity index (χ0n) is 9.83. The highest BCUT2D eigenvalue weighted by Gasteiger charge is 1.96. The molecule has 0 amide bonds. The second-order valence-corrected chi connectivity index (χ2v) is 4.11. The quantitative estimate of drug-likeness (QED) is 0.817. The maximum atomic E-state index is 3.13. The maximum absolute atomic E-state index is 3.13. The molecule has 0 aromatic heterocycles. The van der Waals surface area contributed by atoms with Crippen LogP contribution in [0.3, 0.4) is 0 Å². The molecule has 0 saturated heterocycles. The Morgan fingerprint density at radius 1 is 0.812 bits per heavy atom. The Kier molecular flexibility index (Phi) is 3.25. The highest BCUT2D eigenvalue weighted by atomic mass is 14.8. The van der Waals surface area contributed by atoms with Crippen molar-refractivity contribution in [3.63, 3.8) is 0 Å². The van der Waals surface area contributed by atoms with Gasteiger partial charge in [0.1, 0.15) is 0 Å². The van der Waals surface area contributed by atoms with Crippen LogP contribution in [0.5, 0.6) is 0 Å². The molecule has 0 radical (unpaired) electrons. The van der Waals surface area contributed by atoms with Crippen LogP contribution in [-0.2, 0) is 6.42 Å². The number of aryl methyl sites for hydroxylation is 1. The van der Waals surface area contributed by atoms with Gasteiger partial charge in [-0.1, -0.05) is 42.0 Å². The number of hydrogen-bond acceptors (Lipinski definition) is 1. The molecule has 16 heavy (non-hydrogen) atoms. The summed E-state index contributed by atoms with van der Waals surface area (Å²) in [7, 11) is 1.94. The van der Waals surface area contributed by atoms with Crippen LogP contribution in [-0.4, -0.2) is 7.05 Å². The summed E-state index contributed by atoms with van der Waals surface area (Å²) in [6.07, 6.45) is 1.00. The molecule has 2 aromatic carbocycles. The van der Waals surface area contributed by atoms with Crippen molar-refractivity contribution < 1.29 is 0 Å². The van der Waals surface area contributed by atoms with Gasteiger partial charge < -0.3 is 5.32 Å². The number of hydrogen-bond donors (Lipinski definition) is 1. The van der Waals surface area contributed by atoms with Gasteiger partial charge in [0.25, 0.3) is 0 Å². The number of rotatable bonds is 3. The van der Waals surface area contributed by atoms with E-state index in [2.05, 4.69) is 60.8 Å². The molecule has 82 valence electrons. The van der Waals surface area contributed by atoms with E-state index in [1.54, 1.807) is 0 Å². The Morgan fingerprint density at radius 2 is 1.31 bits per heavy atom. The third-order valence-electron chi connectivity index (χ3n) is 2.77. The molecule has 0 atom stereocenters. The van der Waals surface area contributed by atoms with Crippen molar-refractivity contribution in [2.75, 3.05) is 12.4 Å². The molecule has 0 spiro atoms. The zero-order valence-corrected chi connectivity index (χ0v) is 9.83. The van der Waals surface area contributed by atoms with Crippen molar-refractivity contribution in [3.8, 4) is 0 Å². The SMILES string of the molecule is CNc1ccc(Cc2ccc(C)cc2)cc1. The summed E-state index contributed by atoms with van der Waals surface area (Å²) in [6, 6.07) is 17.3. The second kappa shape index (κ2) is 4.84. The normalized spacial score (nSPS) is 10.1. The Hall–Kier alpha value is -1.76. The summed E-state index contributed by atoms with van der Waals surface area (Å²) < 4.78 is 0. The average molecular weight is 211 g/mol. The number of nitrogens with one attached hydrogen (secondary N) is 1. The molecule has 0 aliphatic carbocycles. The smallest absolute Gasteiger partial charge is 0.0337 e. The van der Waals surface area contributed by atoms with Crippen molar-refractivity contribution >= 4 is 5.69 Å². The van der Waals surface area contributed by atoms with E-state index in [1.807, 2.05) is 7.05 Å². The van der Waals surface area contributed by atoms with Crippen molar-refractivity contribution in [3.05, 3.63) is 65.2 Å². The van der Waals surface area contributed by atoms with E-state index in [9.17, 15) is 0 Å². The van der Waals surface area contributed by atoms with Crippen molar-refractivity contribution in [2.24, 2.45) is 0 Å². The molecule has 2 rings (SSSR count). The molecule has 0 unspecified atom stereocenters. The van der Waals surface area contributed by atoms with Crippen LogP contribution in [0.2, 0.25) is 0 Å². The van der Waals surface area contributed by atoms with Crippen LogP contribution in [0.15, 0.2) is 48.5 Å². The summed E-state index contributed by atoms with van der Waals surface area (Å²) >= 11 is 0. The van der Waals surface area contributed by atoms with Gasteiger partial charge in [0.2, 0.25) is 0 Å². The topological polar surface area (TPSA) is 12.0 Å². The standard InChI is InChI=1S/C15H17N/c1-12-3-5-13(6-4-12)11-14-7-9-15(16-2)10-8-14/h3-10,16H,11H2,1-2H3. The van der Waals surface area contributed by atoms with Gasteiger partial charge in [0, 0.05) is 12.7 Å². The first kappa shape index (κ1) is 10.7. The van der Waals surface area contributed by atoms with Gasteiger partial charge in [0.05, 0.1) is 0 Å². The highest BCUT2D eigenvalue weighted by Crippen LogP contribution is 2.13. The average Bonchev–Trinajstić information content (AvgIpc) is 2.33. The van der Waals surface area contributed by atoms with Crippen molar-refractivity contribution in [1.82, 2.24) is 0 Å². The fraction of sp³-hybridized carbons (Fsp3) is 0.200. The molecular weight excluding hydrogens is 194 g/mol. The van der Waals surface area contributed by atoms with E-state index < -0.39 is 0 Å².